The third-order valence-corrected chi connectivity index (χ3v) is 21.5. The van der Waals surface area contributed by atoms with E-state index in [1.807, 2.05) is 0 Å². The average molecular weight is 1700 g/mol. The van der Waals surface area contributed by atoms with Crippen molar-refractivity contribution in [2.75, 3.05) is 39.6 Å². The Hall–Kier alpha value is -5.35. The number of esters is 3. The van der Waals surface area contributed by atoms with Crippen LogP contribution in [-0.4, -0.2) is 95.9 Å². The van der Waals surface area contributed by atoms with Crippen molar-refractivity contribution < 1.29 is 75.8 Å². The van der Waals surface area contributed by atoms with Crippen molar-refractivity contribution in [3.63, 3.8) is 0 Å². The quantitative estimate of drug-likeness (QED) is 0.0146. The Morgan fingerprint density at radius 3 is 0.664 bits per heavy atom. The summed E-state index contributed by atoms with van der Waals surface area (Å²) >= 11 is 0. The molecular formula is C101H170O16P2. The molecule has 0 heterocycles. The molecule has 16 nitrogen and oxygen atoms in total. The number of phosphoric acid groups is 2. The molecule has 0 radical (unpaired) electrons. The lowest BCUT2D eigenvalue weighted by Crippen LogP contribution is -2.30. The summed E-state index contributed by atoms with van der Waals surface area (Å²) in [4.78, 5) is 59.0. The summed E-state index contributed by atoms with van der Waals surface area (Å²) in [6.07, 6.45) is 121. The molecule has 0 aliphatic carbocycles. The second kappa shape index (κ2) is 91.8. The van der Waals surface area contributed by atoms with E-state index in [0.717, 1.165) is 180 Å². The van der Waals surface area contributed by atoms with Crippen LogP contribution < -0.4 is 0 Å². The Morgan fingerprint density at radius 2 is 0.420 bits per heavy atom. The van der Waals surface area contributed by atoms with Crippen molar-refractivity contribution >= 4 is 33.6 Å². The van der Waals surface area contributed by atoms with Crippen molar-refractivity contribution in [3.05, 3.63) is 182 Å². The van der Waals surface area contributed by atoms with Gasteiger partial charge >= 0.3 is 33.6 Å². The zero-order valence-electron chi connectivity index (χ0n) is 75.0. The van der Waals surface area contributed by atoms with E-state index in [0.29, 0.717) is 19.3 Å². The lowest BCUT2D eigenvalue weighted by atomic mass is 10.0. The van der Waals surface area contributed by atoms with Gasteiger partial charge in [-0.1, -0.05) is 389 Å². The van der Waals surface area contributed by atoms with Crippen molar-refractivity contribution in [1.82, 2.24) is 0 Å². The fourth-order valence-electron chi connectivity index (χ4n) is 12.6. The first kappa shape index (κ1) is 114. The highest BCUT2D eigenvalue weighted by Crippen LogP contribution is 2.45. The second-order valence-electron chi connectivity index (χ2n) is 31.0. The first-order chi connectivity index (χ1) is 58.2. The van der Waals surface area contributed by atoms with Gasteiger partial charge in [-0.2, -0.15) is 0 Å². The molecule has 680 valence electrons. The third-order valence-electron chi connectivity index (χ3n) is 19.6. The number of ether oxygens (including phenoxy) is 3. The Kier molecular flexibility index (Phi) is 87.7. The number of carbonyl (C=O) groups excluding carboxylic acids is 3. The van der Waals surface area contributed by atoms with Gasteiger partial charge < -0.3 is 34.2 Å². The smallest absolute Gasteiger partial charge is 0.463 e. The average Bonchev–Trinajstić information content (AvgIpc) is 0.941. The van der Waals surface area contributed by atoms with Crippen molar-refractivity contribution in [2.45, 2.75) is 399 Å². The maximum absolute atomic E-state index is 13.1. The summed E-state index contributed by atoms with van der Waals surface area (Å²) in [7, 11) is -9.82. The molecule has 0 spiro atoms. The number of hydrogen-bond acceptors (Lipinski definition) is 14. The first-order valence-corrected chi connectivity index (χ1v) is 50.1. The van der Waals surface area contributed by atoms with Crippen LogP contribution in [0.15, 0.2) is 182 Å². The Labute approximate surface area is 725 Å². The van der Waals surface area contributed by atoms with Gasteiger partial charge in [0, 0.05) is 19.3 Å². The first-order valence-electron chi connectivity index (χ1n) is 47.1. The summed E-state index contributed by atoms with van der Waals surface area (Å²) in [5.41, 5.74) is 0. The lowest BCUT2D eigenvalue weighted by Gasteiger charge is -2.21. The van der Waals surface area contributed by atoms with Crippen molar-refractivity contribution in [1.29, 1.82) is 0 Å². The molecule has 0 saturated heterocycles. The highest BCUT2D eigenvalue weighted by Gasteiger charge is 2.29. The minimum Gasteiger partial charge on any atom is -0.463 e. The van der Waals surface area contributed by atoms with Crippen LogP contribution in [-0.2, 0) is 55.8 Å². The van der Waals surface area contributed by atoms with Gasteiger partial charge in [-0.05, 0) is 154 Å². The van der Waals surface area contributed by atoms with Crippen LogP contribution in [0.1, 0.15) is 380 Å². The fraction of sp³-hybridized carbons (Fsp3) is 0.673. The molecule has 0 bridgehead atoms. The predicted molar refractivity (Wildman–Crippen MR) is 500 cm³/mol. The third kappa shape index (κ3) is 93.2. The number of aliphatic hydroxyl groups excluding tert-OH is 2. The molecule has 0 aromatic carbocycles. The topological polar surface area (TPSA) is 231 Å². The Bertz CT molecular complexity index is 2890. The fourth-order valence-corrected chi connectivity index (χ4v) is 14.2. The molecule has 0 rings (SSSR count). The van der Waals surface area contributed by atoms with Gasteiger partial charge in [-0.3, -0.25) is 32.5 Å². The lowest BCUT2D eigenvalue weighted by molar-refractivity contribution is -0.161. The largest absolute Gasteiger partial charge is 0.472 e. The molecule has 0 amide bonds. The minimum atomic E-state index is -4.95. The molecule has 119 heavy (non-hydrogen) atoms. The number of hydrogen-bond donors (Lipinski definition) is 4. The van der Waals surface area contributed by atoms with Gasteiger partial charge in [0.05, 0.1) is 26.4 Å². The number of unbranched alkanes of at least 4 members (excludes halogenated alkanes) is 35. The van der Waals surface area contributed by atoms with Crippen LogP contribution in [0, 0.1) is 0 Å². The summed E-state index contributed by atoms with van der Waals surface area (Å²) in [6, 6.07) is 0. The van der Waals surface area contributed by atoms with E-state index < -0.39 is 91.5 Å². The number of phosphoric ester groups is 2. The zero-order valence-corrected chi connectivity index (χ0v) is 76.8. The molecule has 18 heteroatoms. The maximum Gasteiger partial charge on any atom is 0.472 e. The van der Waals surface area contributed by atoms with Gasteiger partial charge in [-0.15, -0.1) is 0 Å². The van der Waals surface area contributed by atoms with Gasteiger partial charge in [0.25, 0.3) is 0 Å². The van der Waals surface area contributed by atoms with E-state index in [9.17, 15) is 43.5 Å². The van der Waals surface area contributed by atoms with Crippen LogP contribution in [0.2, 0.25) is 0 Å². The zero-order chi connectivity index (χ0) is 86.5. The van der Waals surface area contributed by atoms with E-state index in [1.54, 1.807) is 0 Å². The summed E-state index contributed by atoms with van der Waals surface area (Å²) in [6.45, 7) is 2.37. The van der Waals surface area contributed by atoms with Crippen LogP contribution >= 0.6 is 15.6 Å². The second-order valence-corrected chi connectivity index (χ2v) is 33.9. The van der Waals surface area contributed by atoms with E-state index >= 15 is 0 Å². The standard InChI is InChI=1S/C101H170O16P2/c1-4-7-10-13-16-19-22-25-28-31-34-36-38-40-42-44-46-47-49-51-52-54-56-58-61-63-66-69-72-75-78-81-84-87-99(104)111-90-96(102)91-113-118(107,108)114-92-97(103)93-115-119(109,110)116-95-98(117-101(106)89-86-83-80-77-74-71-68-65-60-33-30-27-24-21-18-15-12-9-6-3)94-112-100(105)88-85-82-79-76-73-70-67-64-62-59-57-55-53-50-48-45-43-41-39-37-35-32-29-26-23-20-17-14-11-8-5-2/h7-12,16-21,25-30,34-37,40-43,46-47,60,65,96-98,102-103H,4-6,13-15,22-24,31-33,38-39,44-45,48-59,61-64,66-95H2,1-3H3,(H,107,108)(H,109,110)/b10-7-,11-8-,12-9-,19-16-,20-17-,21-18-,28-25-,29-26-,30-27-,36-34-,37-35-,42-40-,43-41-,47-46-,65-60-. The maximum atomic E-state index is 13.1. The molecule has 0 aliphatic heterocycles. The van der Waals surface area contributed by atoms with E-state index in [1.165, 1.54) is 141 Å². The summed E-state index contributed by atoms with van der Waals surface area (Å²) < 4.78 is 61.5. The van der Waals surface area contributed by atoms with E-state index in [4.69, 9.17) is 32.3 Å². The van der Waals surface area contributed by atoms with E-state index in [2.05, 4.69) is 203 Å². The van der Waals surface area contributed by atoms with Gasteiger partial charge in [-0.25, -0.2) is 9.13 Å². The van der Waals surface area contributed by atoms with Crippen LogP contribution in [0.25, 0.3) is 0 Å². The molecular weight excluding hydrogens is 1530 g/mol. The van der Waals surface area contributed by atoms with Crippen LogP contribution in [0.5, 0.6) is 0 Å². The molecule has 0 fully saturated rings. The Balaban J connectivity index is 4.54. The molecule has 0 aliphatic rings. The molecule has 0 aromatic rings. The van der Waals surface area contributed by atoms with Crippen molar-refractivity contribution in [3.8, 4) is 0 Å². The van der Waals surface area contributed by atoms with Gasteiger partial charge in [0.1, 0.15) is 25.4 Å². The molecule has 0 aromatic heterocycles. The van der Waals surface area contributed by atoms with Gasteiger partial charge in [0.2, 0.25) is 0 Å². The monoisotopic (exact) mass is 1700 g/mol. The molecule has 5 unspecified atom stereocenters. The number of aliphatic hydroxyl groups is 2. The SMILES string of the molecule is CC/C=C\C/C=C\C/C=C\C/C=C\C/C=C\C/C=C\CCCCCCCCCCCCCCCCC(=O)OCC(O)COP(=O)(O)OCC(O)COP(=O)(O)OCC(COC(=O)CCCCCCCCCCCCCCCCC/C=C\C/C=C\C/C=C\C/C=C\C/C=C\CC)OC(=O)CCCCCCCC/C=C\C/C=C\C/C=C\C/C=C\CC. The minimum absolute atomic E-state index is 0.0849. The van der Waals surface area contributed by atoms with Crippen LogP contribution in [0.4, 0.5) is 0 Å². The predicted octanol–water partition coefficient (Wildman–Crippen LogP) is 29.2. The Morgan fingerprint density at radius 1 is 0.235 bits per heavy atom. The highest BCUT2D eigenvalue weighted by molar-refractivity contribution is 7.47. The normalized spacial score (nSPS) is 14.6. The number of allylic oxidation sites excluding steroid dienone is 30. The highest BCUT2D eigenvalue weighted by atomic mass is 31.2. The van der Waals surface area contributed by atoms with Gasteiger partial charge in [0.15, 0.2) is 6.10 Å². The summed E-state index contributed by atoms with van der Waals surface area (Å²) in [5, 5.41) is 20.7. The molecule has 0 saturated carbocycles. The van der Waals surface area contributed by atoms with E-state index in [-0.39, 0.29) is 19.3 Å². The molecule has 4 N–H and O–H groups in total. The molecule has 5 atom stereocenters. The number of carbonyl (C=O) groups is 3. The van der Waals surface area contributed by atoms with Crippen LogP contribution in [0.3, 0.4) is 0 Å². The van der Waals surface area contributed by atoms with Crippen molar-refractivity contribution in [2.24, 2.45) is 0 Å². The number of rotatable bonds is 88. The summed E-state index contributed by atoms with van der Waals surface area (Å²) in [5.74, 6) is -1.58.